The van der Waals surface area contributed by atoms with Crippen LogP contribution < -0.4 is 16.4 Å². The number of nitrogens with two attached hydrogens (primary N) is 1. The highest BCUT2D eigenvalue weighted by Gasteiger charge is 2.03. The zero-order chi connectivity index (χ0) is 15.4. The van der Waals surface area contributed by atoms with E-state index in [9.17, 15) is 4.79 Å². The Balaban J connectivity index is 1.63. The number of carbonyl (C=O) groups excluding carboxylic acids is 1. The van der Waals surface area contributed by atoms with E-state index in [1.807, 2.05) is 36.4 Å². The molecule has 3 aromatic rings. The third-order valence-corrected chi connectivity index (χ3v) is 3.26. The number of benzene rings is 2. The molecule has 0 spiro atoms. The van der Waals surface area contributed by atoms with Gasteiger partial charge in [-0.05, 0) is 41.8 Å². The van der Waals surface area contributed by atoms with Crippen molar-refractivity contribution in [2.75, 3.05) is 22.9 Å². The number of hydrogen-bond donors (Lipinski definition) is 3. The lowest BCUT2D eigenvalue weighted by atomic mass is 10.1. The standard InChI is InChI=1S/C17H16N4O/c18-14-2-1-3-15(9-14)20-11-17(22)21-16-5-4-13-10-19-7-6-12(13)8-16/h1-10,20H,11,18H2,(H,21,22). The van der Waals surface area contributed by atoms with E-state index < -0.39 is 0 Å². The van der Waals surface area contributed by atoms with E-state index in [2.05, 4.69) is 15.6 Å². The zero-order valence-electron chi connectivity index (χ0n) is 11.9. The molecule has 2 aromatic carbocycles. The van der Waals surface area contributed by atoms with E-state index >= 15 is 0 Å². The Labute approximate surface area is 128 Å². The van der Waals surface area contributed by atoms with Crippen LogP contribution in [0.15, 0.2) is 60.9 Å². The molecule has 0 saturated carbocycles. The first-order valence-corrected chi connectivity index (χ1v) is 6.94. The number of fused-ring (bicyclic) bond motifs is 1. The highest BCUT2D eigenvalue weighted by Crippen LogP contribution is 2.18. The summed E-state index contributed by atoms with van der Waals surface area (Å²) in [7, 11) is 0. The summed E-state index contributed by atoms with van der Waals surface area (Å²) in [5.41, 5.74) is 7.94. The van der Waals surface area contributed by atoms with Gasteiger partial charge in [0.15, 0.2) is 0 Å². The van der Waals surface area contributed by atoms with Gasteiger partial charge in [-0.1, -0.05) is 12.1 Å². The van der Waals surface area contributed by atoms with Crippen LogP contribution in [0.5, 0.6) is 0 Å². The second-order valence-corrected chi connectivity index (χ2v) is 4.96. The van der Waals surface area contributed by atoms with Crippen molar-refractivity contribution in [1.29, 1.82) is 0 Å². The smallest absolute Gasteiger partial charge is 0.243 e. The average Bonchev–Trinajstić information content (AvgIpc) is 2.53. The molecule has 110 valence electrons. The number of nitrogens with one attached hydrogen (secondary N) is 2. The molecule has 1 amide bonds. The summed E-state index contributed by atoms with van der Waals surface area (Å²) in [6, 6.07) is 14.9. The molecule has 0 saturated heterocycles. The molecule has 0 radical (unpaired) electrons. The maximum Gasteiger partial charge on any atom is 0.243 e. The molecule has 0 aliphatic rings. The number of amides is 1. The monoisotopic (exact) mass is 292 g/mol. The van der Waals surface area contributed by atoms with Crippen molar-refractivity contribution in [2.45, 2.75) is 0 Å². The first-order valence-electron chi connectivity index (χ1n) is 6.94. The number of nitrogens with zero attached hydrogens (tertiary/aromatic N) is 1. The van der Waals surface area contributed by atoms with Gasteiger partial charge in [-0.3, -0.25) is 9.78 Å². The number of nitrogen functional groups attached to an aromatic ring is 1. The zero-order valence-corrected chi connectivity index (χ0v) is 11.9. The van der Waals surface area contributed by atoms with Crippen LogP contribution in [0.4, 0.5) is 17.1 Å². The Kier molecular flexibility index (Phi) is 3.87. The minimum Gasteiger partial charge on any atom is -0.399 e. The molecule has 0 fully saturated rings. The lowest BCUT2D eigenvalue weighted by Gasteiger charge is -2.09. The van der Waals surface area contributed by atoms with Gasteiger partial charge in [0, 0.05) is 34.8 Å². The summed E-state index contributed by atoms with van der Waals surface area (Å²) in [6.07, 6.45) is 3.53. The van der Waals surface area contributed by atoms with Gasteiger partial charge in [-0.15, -0.1) is 0 Å². The number of carbonyl (C=O) groups is 1. The van der Waals surface area contributed by atoms with E-state index in [1.165, 1.54) is 0 Å². The molecular formula is C17H16N4O. The van der Waals surface area contributed by atoms with Gasteiger partial charge in [-0.25, -0.2) is 0 Å². The Morgan fingerprint density at radius 3 is 2.82 bits per heavy atom. The lowest BCUT2D eigenvalue weighted by molar-refractivity contribution is -0.114. The highest BCUT2D eigenvalue weighted by atomic mass is 16.1. The molecule has 0 atom stereocenters. The lowest BCUT2D eigenvalue weighted by Crippen LogP contribution is -2.21. The largest absolute Gasteiger partial charge is 0.399 e. The van der Waals surface area contributed by atoms with Crippen molar-refractivity contribution in [3.8, 4) is 0 Å². The fourth-order valence-corrected chi connectivity index (χ4v) is 2.20. The number of hydrogen-bond acceptors (Lipinski definition) is 4. The molecule has 22 heavy (non-hydrogen) atoms. The van der Waals surface area contributed by atoms with Crippen LogP contribution in [-0.2, 0) is 4.79 Å². The SMILES string of the molecule is Nc1cccc(NCC(=O)Nc2ccc3cnccc3c2)c1. The van der Waals surface area contributed by atoms with E-state index in [0.29, 0.717) is 5.69 Å². The molecule has 5 heteroatoms. The molecule has 0 aliphatic heterocycles. The van der Waals surface area contributed by atoms with Crippen LogP contribution in [0.2, 0.25) is 0 Å². The first kappa shape index (κ1) is 13.9. The van der Waals surface area contributed by atoms with Crippen LogP contribution in [0.25, 0.3) is 10.8 Å². The van der Waals surface area contributed by atoms with Crippen molar-refractivity contribution in [1.82, 2.24) is 4.98 Å². The molecule has 5 nitrogen and oxygen atoms in total. The van der Waals surface area contributed by atoms with Crippen LogP contribution >= 0.6 is 0 Å². The molecular weight excluding hydrogens is 276 g/mol. The summed E-state index contributed by atoms with van der Waals surface area (Å²) >= 11 is 0. The first-order chi connectivity index (χ1) is 10.7. The Bertz CT molecular complexity index is 816. The Hall–Kier alpha value is -3.08. The maximum absolute atomic E-state index is 12.0. The molecule has 0 bridgehead atoms. The maximum atomic E-state index is 12.0. The number of anilines is 3. The van der Waals surface area contributed by atoms with Crippen molar-refractivity contribution in [3.63, 3.8) is 0 Å². The van der Waals surface area contributed by atoms with Crippen molar-refractivity contribution >= 4 is 33.7 Å². The summed E-state index contributed by atoms with van der Waals surface area (Å²) in [5.74, 6) is -0.115. The molecule has 0 aliphatic carbocycles. The van der Waals surface area contributed by atoms with Gasteiger partial charge in [0.25, 0.3) is 0 Å². The van der Waals surface area contributed by atoms with Gasteiger partial charge in [0.2, 0.25) is 5.91 Å². The van der Waals surface area contributed by atoms with Gasteiger partial charge in [-0.2, -0.15) is 0 Å². The van der Waals surface area contributed by atoms with Crippen molar-refractivity contribution in [2.24, 2.45) is 0 Å². The fraction of sp³-hybridized carbons (Fsp3) is 0.0588. The minimum atomic E-state index is -0.115. The van der Waals surface area contributed by atoms with Crippen LogP contribution in [-0.4, -0.2) is 17.4 Å². The average molecular weight is 292 g/mol. The van der Waals surface area contributed by atoms with Gasteiger partial charge >= 0.3 is 0 Å². The molecule has 1 aromatic heterocycles. The fourth-order valence-electron chi connectivity index (χ4n) is 2.20. The molecule has 3 rings (SSSR count). The normalized spacial score (nSPS) is 10.4. The second kappa shape index (κ2) is 6.13. The third-order valence-electron chi connectivity index (χ3n) is 3.26. The summed E-state index contributed by atoms with van der Waals surface area (Å²) < 4.78 is 0. The summed E-state index contributed by atoms with van der Waals surface area (Å²) in [4.78, 5) is 16.1. The predicted octanol–water partition coefficient (Wildman–Crippen LogP) is 2.87. The van der Waals surface area contributed by atoms with E-state index in [1.54, 1.807) is 24.5 Å². The van der Waals surface area contributed by atoms with E-state index in [0.717, 1.165) is 22.1 Å². The summed E-state index contributed by atoms with van der Waals surface area (Å²) in [5, 5.41) is 7.99. The van der Waals surface area contributed by atoms with E-state index in [-0.39, 0.29) is 12.5 Å². The van der Waals surface area contributed by atoms with Crippen LogP contribution in [0, 0.1) is 0 Å². The second-order valence-electron chi connectivity index (χ2n) is 4.96. The van der Waals surface area contributed by atoms with Gasteiger partial charge < -0.3 is 16.4 Å². The topological polar surface area (TPSA) is 80.0 Å². The number of pyridine rings is 1. The van der Waals surface area contributed by atoms with Crippen molar-refractivity contribution in [3.05, 3.63) is 60.9 Å². The predicted molar refractivity (Wildman–Crippen MR) is 89.7 cm³/mol. The number of rotatable bonds is 4. The Morgan fingerprint density at radius 1 is 1.05 bits per heavy atom. The van der Waals surface area contributed by atoms with Gasteiger partial charge in [0.1, 0.15) is 0 Å². The van der Waals surface area contributed by atoms with Gasteiger partial charge in [0.05, 0.1) is 6.54 Å². The van der Waals surface area contributed by atoms with E-state index in [4.69, 9.17) is 5.73 Å². The molecule has 4 N–H and O–H groups in total. The van der Waals surface area contributed by atoms with Crippen LogP contribution in [0.1, 0.15) is 0 Å². The quantitative estimate of drug-likeness (QED) is 0.646. The number of aromatic nitrogens is 1. The Morgan fingerprint density at radius 2 is 1.95 bits per heavy atom. The minimum absolute atomic E-state index is 0.115. The summed E-state index contributed by atoms with van der Waals surface area (Å²) in [6.45, 7) is 0.178. The molecule has 0 unspecified atom stereocenters. The molecule has 1 heterocycles. The third kappa shape index (κ3) is 3.32. The highest BCUT2D eigenvalue weighted by molar-refractivity contribution is 5.96. The van der Waals surface area contributed by atoms with Crippen LogP contribution in [0.3, 0.4) is 0 Å². The van der Waals surface area contributed by atoms with Crippen molar-refractivity contribution < 1.29 is 4.79 Å².